The summed E-state index contributed by atoms with van der Waals surface area (Å²) in [6, 6.07) is 0. The normalized spacial score (nSPS) is 53.5. The van der Waals surface area contributed by atoms with Crippen molar-refractivity contribution < 1.29 is 9.90 Å². The van der Waals surface area contributed by atoms with Crippen molar-refractivity contribution in [2.24, 2.45) is 28.6 Å². The third-order valence-electron chi connectivity index (χ3n) is 8.12. The Bertz CT molecular complexity index is 585. The molecule has 0 heterocycles. The second kappa shape index (κ2) is 4.35. The Balaban J connectivity index is 1.71. The van der Waals surface area contributed by atoms with Crippen LogP contribution < -0.4 is 0 Å². The quantitative estimate of drug-likeness (QED) is 0.733. The van der Waals surface area contributed by atoms with Gasteiger partial charge in [-0.25, -0.2) is 0 Å². The maximum atomic E-state index is 11.7. The van der Waals surface area contributed by atoms with Gasteiger partial charge >= 0.3 is 0 Å². The molecule has 0 saturated heterocycles. The molecule has 2 nitrogen and oxygen atoms in total. The summed E-state index contributed by atoms with van der Waals surface area (Å²) in [5.74, 6) is 2.15. The van der Waals surface area contributed by atoms with Gasteiger partial charge in [0, 0.05) is 5.41 Å². The van der Waals surface area contributed by atoms with E-state index in [1.165, 1.54) is 24.8 Å². The van der Waals surface area contributed by atoms with Gasteiger partial charge < -0.3 is 5.11 Å². The van der Waals surface area contributed by atoms with E-state index in [0.717, 1.165) is 19.3 Å². The van der Waals surface area contributed by atoms with E-state index in [2.05, 4.69) is 26.8 Å². The van der Waals surface area contributed by atoms with E-state index in [4.69, 9.17) is 0 Å². The second-order valence-electron chi connectivity index (χ2n) is 8.87. The average molecular weight is 300 g/mol. The van der Waals surface area contributed by atoms with Gasteiger partial charge in [0.25, 0.3) is 0 Å². The van der Waals surface area contributed by atoms with Gasteiger partial charge in [-0.15, -0.1) is 0 Å². The van der Waals surface area contributed by atoms with Crippen LogP contribution in [0.15, 0.2) is 23.8 Å². The molecule has 0 radical (unpaired) electrons. The molecule has 0 aromatic rings. The predicted molar refractivity (Wildman–Crippen MR) is 87.2 cm³/mol. The summed E-state index contributed by atoms with van der Waals surface area (Å²) in [6.45, 7) is 6.73. The summed E-state index contributed by atoms with van der Waals surface area (Å²) in [6.07, 6.45) is 12.5. The number of fused-ring (bicyclic) bond motifs is 5. The largest absolute Gasteiger partial charge is 0.390 e. The van der Waals surface area contributed by atoms with Crippen LogP contribution in [0.25, 0.3) is 0 Å². The zero-order chi connectivity index (χ0) is 15.8. The highest BCUT2D eigenvalue weighted by molar-refractivity contribution is 6.01. The van der Waals surface area contributed by atoms with Crippen LogP contribution in [0.4, 0.5) is 0 Å². The van der Waals surface area contributed by atoms with Crippen LogP contribution in [0.5, 0.6) is 0 Å². The molecule has 4 rings (SSSR count). The van der Waals surface area contributed by atoms with Crippen LogP contribution in [0.1, 0.15) is 59.3 Å². The van der Waals surface area contributed by atoms with Crippen LogP contribution in [-0.4, -0.2) is 16.5 Å². The van der Waals surface area contributed by atoms with Crippen molar-refractivity contribution in [3.8, 4) is 0 Å². The standard InChI is InChI=1S/C20H28O2/c1-18-9-6-14(21)12-13(18)4-5-15-16(18)7-10-19(2)17(15)8-11-20(19,3)22/h6,9,12,15-17,22H,4-5,7-8,10-11H2,1-3H3/t15-,16+,17+,18+,19+,20-/m0/s1. The number of carbonyl (C=O) groups excluding carboxylic acids is 1. The fourth-order valence-electron chi connectivity index (χ4n) is 6.44. The van der Waals surface area contributed by atoms with Crippen LogP contribution >= 0.6 is 0 Å². The second-order valence-corrected chi connectivity index (χ2v) is 8.87. The topological polar surface area (TPSA) is 37.3 Å². The van der Waals surface area contributed by atoms with Crippen molar-refractivity contribution in [2.75, 3.05) is 0 Å². The van der Waals surface area contributed by atoms with E-state index < -0.39 is 5.60 Å². The molecule has 2 heteroatoms. The fourth-order valence-corrected chi connectivity index (χ4v) is 6.44. The number of allylic oxidation sites excluding steroid dienone is 4. The summed E-state index contributed by atoms with van der Waals surface area (Å²) in [5, 5.41) is 10.9. The Morgan fingerprint density at radius 3 is 2.59 bits per heavy atom. The Morgan fingerprint density at radius 1 is 1.09 bits per heavy atom. The number of carbonyl (C=O) groups is 1. The molecule has 0 spiro atoms. The highest BCUT2D eigenvalue weighted by Crippen LogP contribution is 2.66. The number of ketones is 1. The van der Waals surface area contributed by atoms with Gasteiger partial charge in [-0.05, 0) is 80.8 Å². The lowest BCUT2D eigenvalue weighted by molar-refractivity contribution is -0.114. The van der Waals surface area contributed by atoms with Crippen molar-refractivity contribution in [3.63, 3.8) is 0 Å². The van der Waals surface area contributed by atoms with Crippen LogP contribution in [0, 0.1) is 28.6 Å². The molecule has 0 aromatic carbocycles. The Kier molecular flexibility index (Phi) is 2.90. The molecule has 0 aliphatic heterocycles. The Labute approximate surface area is 133 Å². The fraction of sp³-hybridized carbons (Fsp3) is 0.750. The molecule has 0 amide bonds. The molecule has 120 valence electrons. The SMILES string of the molecule is C[C@]1(O)CC[C@@H]2[C@H]3CCC4=CC(=O)C=C[C@@]4(C)[C@@H]3CC[C@]21C. The first-order valence-electron chi connectivity index (χ1n) is 8.95. The van der Waals surface area contributed by atoms with Crippen LogP contribution in [0.3, 0.4) is 0 Å². The van der Waals surface area contributed by atoms with E-state index in [9.17, 15) is 9.90 Å². The number of hydrogen-bond acceptors (Lipinski definition) is 2. The number of aliphatic hydroxyl groups is 1. The first kappa shape index (κ1) is 14.7. The minimum absolute atomic E-state index is 0.0760. The van der Waals surface area contributed by atoms with Gasteiger partial charge in [0.1, 0.15) is 0 Å². The molecule has 22 heavy (non-hydrogen) atoms. The summed E-state index contributed by atoms with van der Waals surface area (Å²) >= 11 is 0. The van der Waals surface area contributed by atoms with Gasteiger partial charge in [0.15, 0.2) is 5.78 Å². The van der Waals surface area contributed by atoms with Crippen LogP contribution in [-0.2, 0) is 4.79 Å². The average Bonchev–Trinajstić information content (AvgIpc) is 2.70. The molecular weight excluding hydrogens is 272 g/mol. The lowest BCUT2D eigenvalue weighted by Crippen LogP contribution is -2.53. The van der Waals surface area contributed by atoms with Crippen molar-refractivity contribution >= 4 is 5.78 Å². The minimum atomic E-state index is -0.502. The minimum Gasteiger partial charge on any atom is -0.390 e. The van der Waals surface area contributed by atoms with Gasteiger partial charge in [0.2, 0.25) is 0 Å². The van der Waals surface area contributed by atoms with E-state index in [0.29, 0.717) is 17.8 Å². The van der Waals surface area contributed by atoms with Crippen molar-refractivity contribution in [3.05, 3.63) is 23.8 Å². The number of rotatable bonds is 0. The van der Waals surface area contributed by atoms with E-state index >= 15 is 0 Å². The highest BCUT2D eigenvalue weighted by Gasteiger charge is 2.61. The zero-order valence-electron chi connectivity index (χ0n) is 14.1. The van der Waals surface area contributed by atoms with Gasteiger partial charge in [-0.1, -0.05) is 25.5 Å². The molecule has 6 atom stereocenters. The first-order chi connectivity index (χ1) is 10.3. The molecule has 0 unspecified atom stereocenters. The molecule has 3 fully saturated rings. The summed E-state index contributed by atoms with van der Waals surface area (Å²) in [4.78, 5) is 11.7. The molecule has 0 aromatic heterocycles. The third kappa shape index (κ3) is 1.68. The van der Waals surface area contributed by atoms with Crippen molar-refractivity contribution in [1.29, 1.82) is 0 Å². The Hall–Kier alpha value is -0.890. The van der Waals surface area contributed by atoms with E-state index in [-0.39, 0.29) is 16.6 Å². The zero-order valence-corrected chi connectivity index (χ0v) is 14.1. The van der Waals surface area contributed by atoms with Gasteiger partial charge in [-0.3, -0.25) is 4.79 Å². The maximum absolute atomic E-state index is 11.7. The molecule has 1 N–H and O–H groups in total. The van der Waals surface area contributed by atoms with Crippen LogP contribution in [0.2, 0.25) is 0 Å². The predicted octanol–water partition coefficient (Wildman–Crippen LogP) is 4.05. The molecular formula is C20H28O2. The van der Waals surface area contributed by atoms with Gasteiger partial charge in [-0.2, -0.15) is 0 Å². The monoisotopic (exact) mass is 300 g/mol. The summed E-state index contributed by atoms with van der Waals surface area (Å²) in [7, 11) is 0. The number of hydrogen-bond donors (Lipinski definition) is 1. The molecule has 0 bridgehead atoms. The van der Waals surface area contributed by atoms with E-state index in [1.807, 2.05) is 6.08 Å². The van der Waals surface area contributed by atoms with Crippen molar-refractivity contribution in [1.82, 2.24) is 0 Å². The molecule has 4 aliphatic rings. The maximum Gasteiger partial charge on any atom is 0.178 e. The third-order valence-corrected chi connectivity index (χ3v) is 8.12. The Morgan fingerprint density at radius 2 is 1.82 bits per heavy atom. The lowest BCUT2D eigenvalue weighted by Gasteiger charge is -2.57. The highest BCUT2D eigenvalue weighted by atomic mass is 16.3. The van der Waals surface area contributed by atoms with Crippen molar-refractivity contribution in [2.45, 2.75) is 64.9 Å². The molecule has 4 aliphatic carbocycles. The lowest BCUT2D eigenvalue weighted by atomic mass is 9.47. The summed E-state index contributed by atoms with van der Waals surface area (Å²) < 4.78 is 0. The smallest absolute Gasteiger partial charge is 0.178 e. The first-order valence-corrected chi connectivity index (χ1v) is 8.95. The van der Waals surface area contributed by atoms with E-state index in [1.54, 1.807) is 6.08 Å². The molecule has 3 saturated carbocycles. The van der Waals surface area contributed by atoms with Gasteiger partial charge in [0.05, 0.1) is 5.60 Å². The summed E-state index contributed by atoms with van der Waals surface area (Å²) in [5.41, 5.74) is 1.01.